The normalized spacial score (nSPS) is 11.5. The largest absolute Gasteiger partial charge is 0.506 e. The molecule has 0 saturated carbocycles. The smallest absolute Gasteiger partial charge is 0.243 e. The highest BCUT2D eigenvalue weighted by Crippen LogP contribution is 2.26. The van der Waals surface area contributed by atoms with E-state index in [-0.39, 0.29) is 16.3 Å². The Morgan fingerprint density at radius 3 is 2.50 bits per heavy atom. The van der Waals surface area contributed by atoms with Crippen molar-refractivity contribution in [2.45, 2.75) is 4.90 Å². The maximum atomic E-state index is 12.4. The molecular formula is C15H14BrClN2O4S. The van der Waals surface area contributed by atoms with Gasteiger partial charge in [0.15, 0.2) is 0 Å². The summed E-state index contributed by atoms with van der Waals surface area (Å²) in [6.07, 6.45) is 0. The summed E-state index contributed by atoms with van der Waals surface area (Å²) in [6, 6.07) is 10.3. The number of hydrogen-bond acceptors (Lipinski definition) is 4. The number of anilines is 1. The van der Waals surface area contributed by atoms with E-state index in [9.17, 15) is 18.3 Å². The molecule has 0 atom stereocenters. The summed E-state index contributed by atoms with van der Waals surface area (Å²) in [4.78, 5) is 12.1. The number of phenols is 1. The maximum Gasteiger partial charge on any atom is 0.243 e. The van der Waals surface area contributed by atoms with Gasteiger partial charge in [-0.1, -0.05) is 27.5 Å². The average Bonchev–Trinajstić information content (AvgIpc) is 2.51. The van der Waals surface area contributed by atoms with Gasteiger partial charge in [-0.3, -0.25) is 4.79 Å². The molecule has 2 aromatic carbocycles. The van der Waals surface area contributed by atoms with Crippen LogP contribution in [0.1, 0.15) is 0 Å². The van der Waals surface area contributed by atoms with Crippen LogP contribution in [0, 0.1) is 0 Å². The van der Waals surface area contributed by atoms with Gasteiger partial charge in [-0.15, -0.1) is 0 Å². The molecule has 24 heavy (non-hydrogen) atoms. The standard InChI is InChI=1S/C15H14BrClN2O4S/c1-19(24(22,23)12-5-2-10(16)3-6-12)9-15(21)18-13-8-11(17)4-7-14(13)20/h2-8,20H,9H2,1H3,(H,18,21). The summed E-state index contributed by atoms with van der Waals surface area (Å²) in [5.41, 5.74) is 0.113. The number of carbonyl (C=O) groups excluding carboxylic acids is 1. The van der Waals surface area contributed by atoms with Gasteiger partial charge in [-0.05, 0) is 42.5 Å². The highest BCUT2D eigenvalue weighted by Gasteiger charge is 2.23. The van der Waals surface area contributed by atoms with Crippen LogP contribution >= 0.6 is 27.5 Å². The number of aromatic hydroxyl groups is 1. The van der Waals surface area contributed by atoms with Crippen LogP contribution in [0.3, 0.4) is 0 Å². The second-order valence-corrected chi connectivity index (χ2v) is 8.32. The van der Waals surface area contributed by atoms with Crippen molar-refractivity contribution in [1.29, 1.82) is 0 Å². The third-order valence-electron chi connectivity index (χ3n) is 3.12. The molecule has 0 radical (unpaired) electrons. The molecule has 128 valence electrons. The van der Waals surface area contributed by atoms with Gasteiger partial charge in [-0.2, -0.15) is 4.31 Å². The molecule has 9 heteroatoms. The van der Waals surface area contributed by atoms with E-state index in [1.165, 1.54) is 37.4 Å². The number of phenolic OH excluding ortho intramolecular Hbond substituents is 1. The molecule has 0 aliphatic heterocycles. The highest BCUT2D eigenvalue weighted by molar-refractivity contribution is 9.10. The second-order valence-electron chi connectivity index (χ2n) is 4.92. The molecule has 0 bridgehead atoms. The minimum atomic E-state index is -3.80. The van der Waals surface area contributed by atoms with Crippen molar-refractivity contribution >= 4 is 49.1 Å². The Hall–Kier alpha value is -1.61. The number of benzene rings is 2. The Morgan fingerprint density at radius 2 is 1.88 bits per heavy atom. The van der Waals surface area contributed by atoms with Crippen LogP contribution in [-0.2, 0) is 14.8 Å². The van der Waals surface area contributed by atoms with E-state index in [1.807, 2.05) is 0 Å². The molecule has 2 N–H and O–H groups in total. The number of halogens is 2. The number of likely N-dealkylation sites (N-methyl/N-ethyl adjacent to an activating group) is 1. The SMILES string of the molecule is CN(CC(=O)Nc1cc(Cl)ccc1O)S(=O)(=O)c1ccc(Br)cc1. The van der Waals surface area contributed by atoms with Crippen molar-refractivity contribution in [3.63, 3.8) is 0 Å². The third kappa shape index (κ3) is 4.47. The molecule has 0 heterocycles. The number of amides is 1. The van der Waals surface area contributed by atoms with Crippen molar-refractivity contribution in [3.8, 4) is 5.75 Å². The summed E-state index contributed by atoms with van der Waals surface area (Å²) in [7, 11) is -2.50. The number of sulfonamides is 1. The van der Waals surface area contributed by atoms with Gasteiger partial charge >= 0.3 is 0 Å². The van der Waals surface area contributed by atoms with Gasteiger partial charge in [0.25, 0.3) is 0 Å². The van der Waals surface area contributed by atoms with E-state index < -0.39 is 22.5 Å². The summed E-state index contributed by atoms with van der Waals surface area (Å²) in [6.45, 7) is -0.412. The Morgan fingerprint density at radius 1 is 1.25 bits per heavy atom. The third-order valence-corrected chi connectivity index (χ3v) is 5.70. The van der Waals surface area contributed by atoms with Gasteiger partial charge < -0.3 is 10.4 Å². The first-order valence-corrected chi connectivity index (χ1v) is 9.31. The summed E-state index contributed by atoms with van der Waals surface area (Å²) in [5.74, 6) is -0.762. The van der Waals surface area contributed by atoms with Gasteiger partial charge in [-0.25, -0.2) is 8.42 Å². The molecule has 2 rings (SSSR count). The molecule has 0 aliphatic carbocycles. The maximum absolute atomic E-state index is 12.4. The van der Waals surface area contributed by atoms with E-state index in [2.05, 4.69) is 21.2 Å². The van der Waals surface area contributed by atoms with Crippen LogP contribution in [0.25, 0.3) is 0 Å². The number of nitrogens with zero attached hydrogens (tertiary/aromatic N) is 1. The molecule has 6 nitrogen and oxygen atoms in total. The summed E-state index contributed by atoms with van der Waals surface area (Å²) in [5, 5.41) is 12.4. The summed E-state index contributed by atoms with van der Waals surface area (Å²) >= 11 is 9.03. The lowest BCUT2D eigenvalue weighted by Gasteiger charge is -2.17. The van der Waals surface area contributed by atoms with E-state index >= 15 is 0 Å². The lowest BCUT2D eigenvalue weighted by Crippen LogP contribution is -2.34. The number of nitrogens with one attached hydrogen (secondary N) is 1. The first-order chi connectivity index (χ1) is 11.2. The van der Waals surface area contributed by atoms with Crippen molar-refractivity contribution in [2.24, 2.45) is 0 Å². The van der Waals surface area contributed by atoms with Crippen LogP contribution in [0.15, 0.2) is 51.8 Å². The molecule has 0 saturated heterocycles. The van der Waals surface area contributed by atoms with Crippen LogP contribution in [0.5, 0.6) is 5.75 Å². The molecule has 0 fully saturated rings. The van der Waals surface area contributed by atoms with Crippen LogP contribution in [0.4, 0.5) is 5.69 Å². The fourth-order valence-corrected chi connectivity index (χ4v) is 3.44. The Kier molecular flexibility index (Phi) is 5.87. The van der Waals surface area contributed by atoms with Gasteiger partial charge in [0.05, 0.1) is 17.1 Å². The van der Waals surface area contributed by atoms with Crippen LogP contribution < -0.4 is 5.32 Å². The van der Waals surface area contributed by atoms with E-state index in [1.54, 1.807) is 12.1 Å². The van der Waals surface area contributed by atoms with Crippen molar-refractivity contribution in [3.05, 3.63) is 52.0 Å². The predicted octanol–water partition coefficient (Wildman–Crippen LogP) is 3.07. The zero-order chi connectivity index (χ0) is 17.9. The second kappa shape index (κ2) is 7.52. The monoisotopic (exact) mass is 432 g/mol. The quantitative estimate of drug-likeness (QED) is 0.710. The molecule has 1 amide bonds. The zero-order valence-electron chi connectivity index (χ0n) is 12.5. The molecule has 2 aromatic rings. The molecule has 0 aromatic heterocycles. The van der Waals surface area contributed by atoms with Crippen LogP contribution in [-0.4, -0.2) is 37.3 Å². The minimum Gasteiger partial charge on any atom is -0.506 e. The summed E-state index contributed by atoms with van der Waals surface area (Å²) < 4.78 is 26.5. The molecular weight excluding hydrogens is 420 g/mol. The van der Waals surface area contributed by atoms with Gasteiger partial charge in [0, 0.05) is 16.5 Å². The Bertz CT molecular complexity index is 856. The Balaban J connectivity index is 2.10. The molecule has 0 aliphatic rings. The minimum absolute atomic E-state index is 0.0756. The fourth-order valence-electron chi connectivity index (χ4n) is 1.87. The number of carbonyl (C=O) groups is 1. The fraction of sp³-hybridized carbons (Fsp3) is 0.133. The van der Waals surface area contributed by atoms with Gasteiger partial charge in [0.2, 0.25) is 15.9 Å². The van der Waals surface area contributed by atoms with Crippen molar-refractivity contribution in [1.82, 2.24) is 4.31 Å². The van der Waals surface area contributed by atoms with Crippen molar-refractivity contribution in [2.75, 3.05) is 18.9 Å². The topological polar surface area (TPSA) is 86.7 Å². The lowest BCUT2D eigenvalue weighted by molar-refractivity contribution is -0.116. The molecule has 0 unspecified atom stereocenters. The highest BCUT2D eigenvalue weighted by atomic mass is 79.9. The van der Waals surface area contributed by atoms with E-state index in [0.717, 1.165) is 8.78 Å². The number of hydrogen-bond donors (Lipinski definition) is 2. The average molecular weight is 434 g/mol. The lowest BCUT2D eigenvalue weighted by atomic mass is 10.3. The van der Waals surface area contributed by atoms with E-state index in [4.69, 9.17) is 11.6 Å². The number of rotatable bonds is 5. The predicted molar refractivity (Wildman–Crippen MR) is 95.7 cm³/mol. The first kappa shape index (κ1) is 18.7. The van der Waals surface area contributed by atoms with E-state index in [0.29, 0.717) is 5.02 Å². The van der Waals surface area contributed by atoms with Gasteiger partial charge in [0.1, 0.15) is 5.75 Å². The zero-order valence-corrected chi connectivity index (χ0v) is 15.7. The first-order valence-electron chi connectivity index (χ1n) is 6.70. The van der Waals surface area contributed by atoms with Crippen molar-refractivity contribution < 1.29 is 18.3 Å². The Labute approximate surface area is 153 Å². The van der Waals surface area contributed by atoms with Crippen LogP contribution in [0.2, 0.25) is 5.02 Å². The molecule has 0 spiro atoms.